The van der Waals surface area contributed by atoms with Gasteiger partial charge in [-0.2, -0.15) is 4.98 Å². The third kappa shape index (κ3) is 1.47. The van der Waals surface area contributed by atoms with Crippen LogP contribution in [0.15, 0.2) is 34.1 Å². The van der Waals surface area contributed by atoms with E-state index < -0.39 is 0 Å². The molecule has 0 aliphatic heterocycles. The lowest BCUT2D eigenvalue weighted by molar-refractivity contribution is 0.932. The summed E-state index contributed by atoms with van der Waals surface area (Å²) in [6.07, 6.45) is 0. The second-order valence-corrected chi connectivity index (χ2v) is 5.75. The Balaban J connectivity index is 2.20. The molecule has 5 heteroatoms. The van der Waals surface area contributed by atoms with Gasteiger partial charge in [0, 0.05) is 5.56 Å². The molecule has 0 radical (unpaired) electrons. The highest BCUT2D eigenvalue weighted by Crippen LogP contribution is 2.28. The zero-order valence-electron chi connectivity index (χ0n) is 8.51. The summed E-state index contributed by atoms with van der Waals surface area (Å²) >= 11 is 5.09. The second-order valence-electron chi connectivity index (χ2n) is 3.46. The number of hydrogen-bond acceptors (Lipinski definition) is 3. The first-order valence-corrected chi connectivity index (χ1v) is 6.44. The lowest BCUT2D eigenvalue weighted by atomic mass is 10.2. The summed E-state index contributed by atoms with van der Waals surface area (Å²) in [6.45, 7) is 2.02. The minimum atomic E-state index is 0.780. The first kappa shape index (κ1) is 9.99. The summed E-state index contributed by atoms with van der Waals surface area (Å²) in [5, 5.41) is 4.49. The van der Waals surface area contributed by atoms with Gasteiger partial charge in [-0.15, -0.1) is 5.10 Å². The van der Waals surface area contributed by atoms with Crippen molar-refractivity contribution in [3.8, 4) is 11.4 Å². The Morgan fingerprint density at radius 2 is 2.00 bits per heavy atom. The largest absolute Gasteiger partial charge is 0.213 e. The molecule has 0 saturated heterocycles. The average molecular weight is 294 g/mol. The number of halogens is 1. The molecule has 0 aliphatic rings. The van der Waals surface area contributed by atoms with Crippen LogP contribution in [0.3, 0.4) is 0 Å². The monoisotopic (exact) mass is 293 g/mol. The molecule has 0 amide bonds. The number of thiazole rings is 1. The van der Waals surface area contributed by atoms with E-state index in [2.05, 4.69) is 26.0 Å². The number of aromatic nitrogens is 3. The lowest BCUT2D eigenvalue weighted by Crippen LogP contribution is -1.87. The van der Waals surface area contributed by atoms with Crippen molar-refractivity contribution < 1.29 is 0 Å². The molecule has 0 saturated carbocycles. The van der Waals surface area contributed by atoms with Gasteiger partial charge >= 0.3 is 0 Å². The van der Waals surface area contributed by atoms with E-state index in [9.17, 15) is 0 Å². The molecule has 0 unspecified atom stereocenters. The summed E-state index contributed by atoms with van der Waals surface area (Å²) in [6, 6.07) is 10.0. The van der Waals surface area contributed by atoms with E-state index in [1.165, 1.54) is 0 Å². The normalized spacial score (nSPS) is 11.1. The molecule has 3 rings (SSSR count). The van der Waals surface area contributed by atoms with Gasteiger partial charge in [-0.05, 0) is 22.9 Å². The van der Waals surface area contributed by atoms with Crippen molar-refractivity contribution in [1.29, 1.82) is 0 Å². The highest BCUT2D eigenvalue weighted by atomic mass is 79.9. The van der Waals surface area contributed by atoms with Crippen LogP contribution in [0, 0.1) is 6.92 Å². The van der Waals surface area contributed by atoms with Crippen LogP contribution in [-0.2, 0) is 0 Å². The fourth-order valence-electron chi connectivity index (χ4n) is 1.53. The van der Waals surface area contributed by atoms with Gasteiger partial charge in [0.2, 0.25) is 4.96 Å². The standard InChI is InChI=1S/C11H8BrN3S/c1-7-9(12)16-11-13-10(14-15(7)11)8-5-3-2-4-6-8/h2-6H,1H3. The molecule has 80 valence electrons. The molecule has 0 atom stereocenters. The van der Waals surface area contributed by atoms with Crippen LogP contribution in [0.25, 0.3) is 16.3 Å². The van der Waals surface area contributed by atoms with Crippen molar-refractivity contribution in [2.45, 2.75) is 6.92 Å². The minimum absolute atomic E-state index is 0.780. The number of hydrogen-bond donors (Lipinski definition) is 0. The fraction of sp³-hybridized carbons (Fsp3) is 0.0909. The van der Waals surface area contributed by atoms with Crippen molar-refractivity contribution in [3.63, 3.8) is 0 Å². The van der Waals surface area contributed by atoms with E-state index in [0.717, 1.165) is 25.8 Å². The van der Waals surface area contributed by atoms with Gasteiger partial charge in [0.15, 0.2) is 5.82 Å². The topological polar surface area (TPSA) is 30.2 Å². The van der Waals surface area contributed by atoms with Crippen molar-refractivity contribution in [2.75, 3.05) is 0 Å². The first-order chi connectivity index (χ1) is 7.75. The predicted molar refractivity (Wildman–Crippen MR) is 68.7 cm³/mol. The van der Waals surface area contributed by atoms with E-state index in [0.29, 0.717) is 0 Å². The van der Waals surface area contributed by atoms with Crippen molar-refractivity contribution >= 4 is 32.2 Å². The minimum Gasteiger partial charge on any atom is -0.207 e. The molecule has 0 aliphatic carbocycles. The van der Waals surface area contributed by atoms with Gasteiger partial charge in [0.1, 0.15) is 0 Å². The van der Waals surface area contributed by atoms with Gasteiger partial charge < -0.3 is 0 Å². The van der Waals surface area contributed by atoms with Crippen LogP contribution in [0.1, 0.15) is 5.69 Å². The van der Waals surface area contributed by atoms with E-state index >= 15 is 0 Å². The Bertz CT molecular complexity index is 642. The van der Waals surface area contributed by atoms with Crippen molar-refractivity contribution in [2.24, 2.45) is 0 Å². The first-order valence-electron chi connectivity index (χ1n) is 4.83. The third-order valence-electron chi connectivity index (χ3n) is 2.39. The van der Waals surface area contributed by atoms with Crippen LogP contribution < -0.4 is 0 Å². The van der Waals surface area contributed by atoms with Crippen LogP contribution in [0.4, 0.5) is 0 Å². The summed E-state index contributed by atoms with van der Waals surface area (Å²) in [5.41, 5.74) is 2.14. The van der Waals surface area contributed by atoms with Gasteiger partial charge in [-0.25, -0.2) is 4.52 Å². The van der Waals surface area contributed by atoms with Gasteiger partial charge in [-0.1, -0.05) is 41.7 Å². The number of rotatable bonds is 1. The van der Waals surface area contributed by atoms with Gasteiger partial charge in [0.25, 0.3) is 0 Å². The Labute approximate surface area is 105 Å². The summed E-state index contributed by atoms with van der Waals surface area (Å²) in [7, 11) is 0. The average Bonchev–Trinajstić information content (AvgIpc) is 2.82. The maximum Gasteiger partial charge on any atom is 0.213 e. The highest BCUT2D eigenvalue weighted by molar-refractivity contribution is 9.11. The van der Waals surface area contributed by atoms with Crippen LogP contribution in [0.5, 0.6) is 0 Å². The quantitative estimate of drug-likeness (QED) is 0.687. The van der Waals surface area contributed by atoms with Crippen LogP contribution in [0.2, 0.25) is 0 Å². The molecule has 0 N–H and O–H groups in total. The SMILES string of the molecule is Cc1c(Br)sc2nc(-c3ccccc3)nn12. The van der Waals surface area contributed by atoms with Gasteiger partial charge in [-0.3, -0.25) is 0 Å². The number of aryl methyl sites for hydroxylation is 1. The Hall–Kier alpha value is -1.20. The molecule has 0 bridgehead atoms. The molecule has 2 aromatic heterocycles. The summed E-state index contributed by atoms with van der Waals surface area (Å²) in [4.78, 5) is 5.42. The van der Waals surface area contributed by atoms with E-state index in [4.69, 9.17) is 0 Å². The summed E-state index contributed by atoms with van der Waals surface area (Å²) < 4.78 is 2.96. The smallest absolute Gasteiger partial charge is 0.207 e. The zero-order valence-corrected chi connectivity index (χ0v) is 10.9. The number of benzene rings is 1. The number of nitrogens with zero attached hydrogens (tertiary/aromatic N) is 3. The molecular formula is C11H8BrN3S. The predicted octanol–water partition coefficient (Wildman–Crippen LogP) is 3.53. The zero-order chi connectivity index (χ0) is 11.1. The van der Waals surface area contributed by atoms with E-state index in [-0.39, 0.29) is 0 Å². The maximum atomic E-state index is 4.50. The highest BCUT2D eigenvalue weighted by Gasteiger charge is 2.11. The third-order valence-corrected chi connectivity index (χ3v) is 4.37. The van der Waals surface area contributed by atoms with Crippen LogP contribution in [-0.4, -0.2) is 14.6 Å². The molecular weight excluding hydrogens is 286 g/mol. The lowest BCUT2D eigenvalue weighted by Gasteiger charge is -1.92. The van der Waals surface area contributed by atoms with E-state index in [1.54, 1.807) is 11.3 Å². The van der Waals surface area contributed by atoms with Crippen molar-refractivity contribution in [1.82, 2.24) is 14.6 Å². The molecule has 1 aromatic carbocycles. The van der Waals surface area contributed by atoms with Gasteiger partial charge in [0.05, 0.1) is 9.48 Å². The van der Waals surface area contributed by atoms with Crippen molar-refractivity contribution in [3.05, 3.63) is 39.8 Å². The second kappa shape index (κ2) is 3.68. The molecule has 3 aromatic rings. The molecule has 3 nitrogen and oxygen atoms in total. The molecule has 2 heterocycles. The fourth-order valence-corrected chi connectivity index (χ4v) is 2.92. The number of fused-ring (bicyclic) bond motifs is 1. The maximum absolute atomic E-state index is 4.50. The Morgan fingerprint density at radius 1 is 1.25 bits per heavy atom. The Kier molecular flexibility index (Phi) is 2.29. The van der Waals surface area contributed by atoms with Crippen LogP contribution >= 0.6 is 27.3 Å². The van der Waals surface area contributed by atoms with E-state index in [1.807, 2.05) is 41.8 Å². The summed E-state index contributed by atoms with van der Waals surface area (Å²) in [5.74, 6) is 0.780. The molecule has 16 heavy (non-hydrogen) atoms. The molecule has 0 spiro atoms. The Morgan fingerprint density at radius 3 is 2.69 bits per heavy atom. The molecule has 0 fully saturated rings.